The van der Waals surface area contributed by atoms with Crippen LogP contribution in [0, 0.1) is 19.7 Å². The second-order valence-electron chi connectivity index (χ2n) is 3.61. The van der Waals surface area contributed by atoms with Crippen LogP contribution < -0.4 is 5.32 Å². The van der Waals surface area contributed by atoms with Crippen LogP contribution in [0.2, 0.25) is 0 Å². The first-order valence-electron chi connectivity index (χ1n) is 5.07. The molecule has 0 atom stereocenters. The van der Waals surface area contributed by atoms with Crippen molar-refractivity contribution in [2.45, 2.75) is 20.4 Å². The highest BCUT2D eigenvalue weighted by Gasteiger charge is 2.02. The van der Waals surface area contributed by atoms with E-state index < -0.39 is 0 Å². The molecule has 4 heteroatoms. The minimum absolute atomic E-state index is 0.216. The average Bonchev–Trinajstić information content (AvgIpc) is 2.58. The molecule has 1 N–H and O–H groups in total. The van der Waals surface area contributed by atoms with Gasteiger partial charge in [0.2, 0.25) is 0 Å². The Balaban J connectivity index is 1.99. The fourth-order valence-corrected chi connectivity index (χ4v) is 2.23. The Kier molecular flexibility index (Phi) is 3.19. The van der Waals surface area contributed by atoms with Gasteiger partial charge in [-0.1, -0.05) is 0 Å². The predicted octanol–water partition coefficient (Wildman–Crippen LogP) is 3.51. The van der Waals surface area contributed by atoms with E-state index in [1.807, 2.05) is 6.92 Å². The van der Waals surface area contributed by atoms with Crippen molar-refractivity contribution in [3.8, 4) is 0 Å². The van der Waals surface area contributed by atoms with Gasteiger partial charge in [-0.3, -0.25) is 0 Å². The summed E-state index contributed by atoms with van der Waals surface area (Å²) in [5, 5.41) is 4.26. The molecule has 0 fully saturated rings. The van der Waals surface area contributed by atoms with E-state index in [-0.39, 0.29) is 5.82 Å². The number of thiazole rings is 1. The molecule has 2 aromatic rings. The molecule has 1 aromatic heterocycles. The number of nitrogens with one attached hydrogen (secondary N) is 1. The molecule has 0 saturated heterocycles. The summed E-state index contributed by atoms with van der Waals surface area (Å²) >= 11 is 1.69. The lowest BCUT2D eigenvalue weighted by atomic mass is 10.3. The summed E-state index contributed by atoms with van der Waals surface area (Å²) in [6.45, 7) is 4.76. The van der Waals surface area contributed by atoms with Crippen LogP contribution in [0.15, 0.2) is 24.3 Å². The summed E-state index contributed by atoms with van der Waals surface area (Å²) in [5.74, 6) is -0.216. The van der Waals surface area contributed by atoms with Gasteiger partial charge in [-0.15, -0.1) is 11.3 Å². The number of halogens is 1. The van der Waals surface area contributed by atoms with Gasteiger partial charge < -0.3 is 5.32 Å². The molecule has 0 unspecified atom stereocenters. The Morgan fingerprint density at radius 1 is 1.25 bits per heavy atom. The highest BCUT2D eigenvalue weighted by atomic mass is 32.1. The van der Waals surface area contributed by atoms with Gasteiger partial charge >= 0.3 is 0 Å². The SMILES string of the molecule is Cc1nc(CNc2ccc(F)cc2)sc1C. The summed E-state index contributed by atoms with van der Waals surface area (Å²) < 4.78 is 12.7. The number of benzene rings is 1. The molecule has 2 rings (SSSR count). The van der Waals surface area contributed by atoms with Crippen molar-refractivity contribution in [3.63, 3.8) is 0 Å². The van der Waals surface area contributed by atoms with Gasteiger partial charge in [-0.2, -0.15) is 0 Å². The molecule has 0 aliphatic rings. The molecule has 1 heterocycles. The van der Waals surface area contributed by atoms with Crippen molar-refractivity contribution in [3.05, 3.63) is 45.7 Å². The molecular formula is C12H13FN2S. The van der Waals surface area contributed by atoms with Gasteiger partial charge in [0.05, 0.1) is 12.2 Å². The number of hydrogen-bond donors (Lipinski definition) is 1. The third-order valence-corrected chi connectivity index (χ3v) is 3.43. The van der Waals surface area contributed by atoms with Gasteiger partial charge in [0.1, 0.15) is 10.8 Å². The minimum Gasteiger partial charge on any atom is -0.379 e. The second-order valence-corrected chi connectivity index (χ2v) is 4.90. The molecule has 84 valence electrons. The van der Waals surface area contributed by atoms with Crippen LogP contribution >= 0.6 is 11.3 Å². The zero-order valence-corrected chi connectivity index (χ0v) is 10.1. The van der Waals surface area contributed by atoms with E-state index >= 15 is 0 Å². The van der Waals surface area contributed by atoms with Gasteiger partial charge in [-0.05, 0) is 38.1 Å². The van der Waals surface area contributed by atoms with Gasteiger partial charge in [0.25, 0.3) is 0 Å². The first-order chi connectivity index (χ1) is 7.65. The van der Waals surface area contributed by atoms with Crippen LogP contribution in [-0.4, -0.2) is 4.98 Å². The quantitative estimate of drug-likeness (QED) is 0.882. The van der Waals surface area contributed by atoms with Gasteiger partial charge in [0, 0.05) is 10.6 Å². The fourth-order valence-electron chi connectivity index (χ4n) is 1.36. The average molecular weight is 236 g/mol. The Labute approximate surface area is 98.2 Å². The molecule has 16 heavy (non-hydrogen) atoms. The molecule has 0 spiro atoms. The number of nitrogens with zero attached hydrogens (tertiary/aromatic N) is 1. The molecule has 0 aliphatic carbocycles. The smallest absolute Gasteiger partial charge is 0.123 e. The van der Waals surface area contributed by atoms with Crippen LogP contribution in [0.25, 0.3) is 0 Å². The van der Waals surface area contributed by atoms with E-state index in [9.17, 15) is 4.39 Å². The Hall–Kier alpha value is -1.42. The topological polar surface area (TPSA) is 24.9 Å². The highest BCUT2D eigenvalue weighted by Crippen LogP contribution is 2.18. The number of rotatable bonds is 3. The monoisotopic (exact) mass is 236 g/mol. The normalized spacial score (nSPS) is 10.4. The Bertz CT molecular complexity index is 457. The van der Waals surface area contributed by atoms with Crippen molar-refractivity contribution in [1.29, 1.82) is 0 Å². The molecular weight excluding hydrogens is 223 g/mol. The lowest BCUT2D eigenvalue weighted by Crippen LogP contribution is -1.98. The molecule has 0 aliphatic heterocycles. The largest absolute Gasteiger partial charge is 0.379 e. The molecule has 0 bridgehead atoms. The highest BCUT2D eigenvalue weighted by molar-refractivity contribution is 7.11. The zero-order valence-electron chi connectivity index (χ0n) is 9.25. The van der Waals surface area contributed by atoms with E-state index in [1.165, 1.54) is 17.0 Å². The maximum absolute atomic E-state index is 12.7. The second kappa shape index (κ2) is 4.61. The van der Waals surface area contributed by atoms with E-state index in [4.69, 9.17) is 0 Å². The van der Waals surface area contributed by atoms with Gasteiger partial charge in [-0.25, -0.2) is 9.37 Å². The van der Waals surface area contributed by atoms with Crippen LogP contribution in [-0.2, 0) is 6.54 Å². The van der Waals surface area contributed by atoms with E-state index in [0.717, 1.165) is 16.4 Å². The number of aromatic nitrogens is 1. The summed E-state index contributed by atoms with van der Waals surface area (Å²) in [6.07, 6.45) is 0. The number of anilines is 1. The van der Waals surface area contributed by atoms with Gasteiger partial charge in [0.15, 0.2) is 0 Å². The maximum Gasteiger partial charge on any atom is 0.123 e. The van der Waals surface area contributed by atoms with Crippen LogP contribution in [0.3, 0.4) is 0 Å². The summed E-state index contributed by atoms with van der Waals surface area (Å²) in [7, 11) is 0. The molecule has 0 saturated carbocycles. The standard InChI is InChI=1S/C12H13FN2S/c1-8-9(2)16-12(15-8)7-14-11-5-3-10(13)4-6-11/h3-6,14H,7H2,1-2H3. The zero-order chi connectivity index (χ0) is 11.5. The Morgan fingerprint density at radius 2 is 1.94 bits per heavy atom. The molecule has 0 amide bonds. The number of hydrogen-bond acceptors (Lipinski definition) is 3. The predicted molar refractivity (Wildman–Crippen MR) is 65.3 cm³/mol. The Morgan fingerprint density at radius 3 is 2.50 bits per heavy atom. The lowest BCUT2D eigenvalue weighted by Gasteiger charge is -2.03. The van der Waals surface area contributed by atoms with Crippen molar-refractivity contribution < 1.29 is 4.39 Å². The maximum atomic E-state index is 12.7. The van der Waals surface area contributed by atoms with Crippen molar-refractivity contribution in [1.82, 2.24) is 4.98 Å². The van der Waals surface area contributed by atoms with Crippen molar-refractivity contribution in [2.75, 3.05) is 5.32 Å². The summed E-state index contributed by atoms with van der Waals surface area (Å²) in [5.41, 5.74) is 1.99. The fraction of sp³-hybridized carbons (Fsp3) is 0.250. The van der Waals surface area contributed by atoms with E-state index in [1.54, 1.807) is 23.5 Å². The third kappa shape index (κ3) is 2.58. The van der Waals surface area contributed by atoms with Crippen LogP contribution in [0.5, 0.6) is 0 Å². The summed E-state index contributed by atoms with van der Waals surface area (Å²) in [6, 6.07) is 6.34. The summed E-state index contributed by atoms with van der Waals surface area (Å²) in [4.78, 5) is 5.67. The third-order valence-electron chi connectivity index (χ3n) is 2.36. The van der Waals surface area contributed by atoms with E-state index in [0.29, 0.717) is 6.54 Å². The molecule has 1 aromatic carbocycles. The molecule has 2 nitrogen and oxygen atoms in total. The first-order valence-corrected chi connectivity index (χ1v) is 5.89. The number of aryl methyl sites for hydroxylation is 2. The van der Waals surface area contributed by atoms with Crippen molar-refractivity contribution in [2.24, 2.45) is 0 Å². The first kappa shape index (κ1) is 11.1. The lowest BCUT2D eigenvalue weighted by molar-refractivity contribution is 0.628. The molecule has 0 radical (unpaired) electrons. The van der Waals surface area contributed by atoms with Crippen LogP contribution in [0.1, 0.15) is 15.6 Å². The van der Waals surface area contributed by atoms with Crippen LogP contribution in [0.4, 0.5) is 10.1 Å². The minimum atomic E-state index is -0.216. The van der Waals surface area contributed by atoms with E-state index in [2.05, 4.69) is 17.2 Å². The van der Waals surface area contributed by atoms with Crippen molar-refractivity contribution >= 4 is 17.0 Å².